The molecule has 0 N–H and O–H groups in total. The van der Waals surface area contributed by atoms with Crippen LogP contribution in [0.5, 0.6) is 0 Å². The zero-order valence-electron chi connectivity index (χ0n) is 8.01. The first-order valence-electron chi connectivity index (χ1n) is 4.98. The SMILES string of the molecule is COC(=O)C1=C[C@@H]2C=C[C@@H]3C=C[C@H]1[C@@H]32. The summed E-state index contributed by atoms with van der Waals surface area (Å²) >= 11 is 0. The lowest BCUT2D eigenvalue weighted by atomic mass is 9.87. The van der Waals surface area contributed by atoms with Crippen molar-refractivity contribution >= 4 is 5.97 Å². The minimum Gasteiger partial charge on any atom is -0.466 e. The largest absolute Gasteiger partial charge is 0.466 e. The first kappa shape index (κ1) is 8.04. The van der Waals surface area contributed by atoms with Crippen LogP contribution in [0, 0.1) is 23.7 Å². The van der Waals surface area contributed by atoms with Crippen molar-refractivity contribution in [2.24, 2.45) is 23.7 Å². The van der Waals surface area contributed by atoms with Gasteiger partial charge < -0.3 is 4.74 Å². The van der Waals surface area contributed by atoms with Crippen LogP contribution in [0.2, 0.25) is 0 Å². The van der Waals surface area contributed by atoms with E-state index in [0.717, 1.165) is 5.57 Å². The van der Waals surface area contributed by atoms with Gasteiger partial charge in [-0.2, -0.15) is 0 Å². The van der Waals surface area contributed by atoms with Gasteiger partial charge in [-0.1, -0.05) is 30.4 Å². The highest BCUT2D eigenvalue weighted by molar-refractivity contribution is 5.90. The lowest BCUT2D eigenvalue weighted by molar-refractivity contribution is -0.136. The number of esters is 1. The topological polar surface area (TPSA) is 26.3 Å². The molecular formula is C12H12O2. The maximum Gasteiger partial charge on any atom is 0.334 e. The summed E-state index contributed by atoms with van der Waals surface area (Å²) < 4.78 is 4.78. The van der Waals surface area contributed by atoms with Crippen LogP contribution in [0.25, 0.3) is 0 Å². The Hall–Kier alpha value is -1.31. The van der Waals surface area contributed by atoms with Crippen molar-refractivity contribution in [3.8, 4) is 0 Å². The summed E-state index contributed by atoms with van der Waals surface area (Å²) in [7, 11) is 1.45. The van der Waals surface area contributed by atoms with E-state index in [0.29, 0.717) is 23.7 Å². The highest BCUT2D eigenvalue weighted by atomic mass is 16.5. The number of hydrogen-bond donors (Lipinski definition) is 0. The van der Waals surface area contributed by atoms with E-state index in [1.54, 1.807) is 0 Å². The first-order valence-corrected chi connectivity index (χ1v) is 4.98. The molecule has 0 aromatic heterocycles. The molecule has 3 aliphatic rings. The van der Waals surface area contributed by atoms with Crippen molar-refractivity contribution in [3.63, 3.8) is 0 Å². The second-order valence-electron chi connectivity index (χ2n) is 4.14. The summed E-state index contributed by atoms with van der Waals surface area (Å²) in [5.41, 5.74) is 0.852. The van der Waals surface area contributed by atoms with Gasteiger partial charge in [0.15, 0.2) is 0 Å². The Morgan fingerprint density at radius 3 is 2.71 bits per heavy atom. The zero-order valence-corrected chi connectivity index (χ0v) is 8.01. The fourth-order valence-electron chi connectivity index (χ4n) is 2.94. The van der Waals surface area contributed by atoms with E-state index in [1.807, 2.05) is 0 Å². The molecule has 0 saturated heterocycles. The number of rotatable bonds is 1. The molecule has 3 aliphatic carbocycles. The molecule has 3 rings (SSSR count). The molecule has 0 fully saturated rings. The molecule has 0 unspecified atom stereocenters. The van der Waals surface area contributed by atoms with Gasteiger partial charge in [0.25, 0.3) is 0 Å². The normalized spacial score (nSPS) is 41.4. The van der Waals surface area contributed by atoms with Gasteiger partial charge in [-0.25, -0.2) is 4.79 Å². The summed E-state index contributed by atoms with van der Waals surface area (Å²) in [5, 5.41) is 0. The number of allylic oxidation sites excluding steroid dienone is 5. The van der Waals surface area contributed by atoms with Crippen molar-refractivity contribution in [1.29, 1.82) is 0 Å². The molecule has 2 nitrogen and oxygen atoms in total. The van der Waals surface area contributed by atoms with E-state index in [1.165, 1.54) is 7.11 Å². The van der Waals surface area contributed by atoms with E-state index in [2.05, 4.69) is 30.4 Å². The fraction of sp³-hybridized carbons (Fsp3) is 0.417. The summed E-state index contributed by atoms with van der Waals surface area (Å²) in [6.07, 6.45) is 10.9. The van der Waals surface area contributed by atoms with Crippen LogP contribution in [0.15, 0.2) is 36.0 Å². The van der Waals surface area contributed by atoms with Crippen LogP contribution in [0.4, 0.5) is 0 Å². The minimum atomic E-state index is -0.164. The second-order valence-corrected chi connectivity index (χ2v) is 4.14. The van der Waals surface area contributed by atoms with Gasteiger partial charge in [0.2, 0.25) is 0 Å². The highest BCUT2D eigenvalue weighted by Crippen LogP contribution is 2.51. The molecular weight excluding hydrogens is 176 g/mol. The Labute approximate surface area is 82.9 Å². The number of hydrogen-bond acceptors (Lipinski definition) is 2. The maximum atomic E-state index is 11.5. The van der Waals surface area contributed by atoms with Gasteiger partial charge in [-0.3, -0.25) is 0 Å². The molecule has 14 heavy (non-hydrogen) atoms. The third-order valence-electron chi connectivity index (χ3n) is 3.55. The quantitative estimate of drug-likeness (QED) is 0.462. The van der Waals surface area contributed by atoms with Crippen LogP contribution in [-0.4, -0.2) is 13.1 Å². The second kappa shape index (κ2) is 2.59. The molecule has 0 amide bonds. The maximum absolute atomic E-state index is 11.5. The molecule has 0 radical (unpaired) electrons. The molecule has 0 aromatic carbocycles. The van der Waals surface area contributed by atoms with Crippen LogP contribution in [0.1, 0.15) is 0 Å². The van der Waals surface area contributed by atoms with E-state index < -0.39 is 0 Å². The average molecular weight is 188 g/mol. The van der Waals surface area contributed by atoms with Gasteiger partial charge in [0, 0.05) is 17.4 Å². The van der Waals surface area contributed by atoms with Crippen LogP contribution < -0.4 is 0 Å². The van der Waals surface area contributed by atoms with Crippen molar-refractivity contribution < 1.29 is 9.53 Å². The third kappa shape index (κ3) is 0.834. The average Bonchev–Trinajstić information content (AvgIpc) is 2.83. The fourth-order valence-corrected chi connectivity index (χ4v) is 2.94. The lowest BCUT2D eigenvalue weighted by Gasteiger charge is -2.16. The number of methoxy groups -OCH3 is 1. The van der Waals surface area contributed by atoms with Gasteiger partial charge in [-0.15, -0.1) is 0 Å². The molecule has 0 saturated carbocycles. The molecule has 0 bridgehead atoms. The molecule has 4 atom stereocenters. The Bertz CT molecular complexity index is 376. The Kier molecular flexibility index (Phi) is 1.49. The zero-order chi connectivity index (χ0) is 9.71. The molecule has 0 spiro atoms. The van der Waals surface area contributed by atoms with Crippen LogP contribution in [-0.2, 0) is 9.53 Å². The van der Waals surface area contributed by atoms with Gasteiger partial charge >= 0.3 is 5.97 Å². The first-order chi connectivity index (χ1) is 6.81. The summed E-state index contributed by atoms with van der Waals surface area (Å²) in [4.78, 5) is 11.5. The number of carbonyl (C=O) groups excluding carboxylic acids is 1. The summed E-state index contributed by atoms with van der Waals surface area (Å²) in [6.45, 7) is 0. The molecule has 2 heteroatoms. The molecule has 0 heterocycles. The monoisotopic (exact) mass is 188 g/mol. The van der Waals surface area contributed by atoms with E-state index in [4.69, 9.17) is 4.74 Å². The smallest absolute Gasteiger partial charge is 0.334 e. The van der Waals surface area contributed by atoms with Crippen LogP contribution >= 0.6 is 0 Å². The van der Waals surface area contributed by atoms with Gasteiger partial charge in [0.05, 0.1) is 7.11 Å². The predicted molar refractivity (Wildman–Crippen MR) is 52.3 cm³/mol. The highest BCUT2D eigenvalue weighted by Gasteiger charge is 2.46. The number of ether oxygens (including phenoxy) is 1. The van der Waals surface area contributed by atoms with Gasteiger partial charge in [-0.05, 0) is 11.8 Å². The van der Waals surface area contributed by atoms with Crippen molar-refractivity contribution in [1.82, 2.24) is 0 Å². The summed E-state index contributed by atoms with van der Waals surface area (Å²) in [5.74, 6) is 1.71. The standard InChI is InChI=1S/C12H12O2/c1-14-12(13)10-6-8-3-2-7-4-5-9(10)11(7)8/h2-9,11H,1H3/t7-,8+,9-,11+/m1/s1. The van der Waals surface area contributed by atoms with E-state index in [9.17, 15) is 4.79 Å². The van der Waals surface area contributed by atoms with Gasteiger partial charge in [0.1, 0.15) is 0 Å². The van der Waals surface area contributed by atoms with Crippen molar-refractivity contribution in [2.75, 3.05) is 7.11 Å². The number of carbonyl (C=O) groups is 1. The molecule has 0 aromatic rings. The minimum absolute atomic E-state index is 0.164. The predicted octanol–water partition coefficient (Wildman–Crippen LogP) is 1.70. The van der Waals surface area contributed by atoms with E-state index in [-0.39, 0.29) is 5.97 Å². The Morgan fingerprint density at radius 1 is 1.21 bits per heavy atom. The molecule has 72 valence electrons. The van der Waals surface area contributed by atoms with E-state index >= 15 is 0 Å². The van der Waals surface area contributed by atoms with Crippen molar-refractivity contribution in [3.05, 3.63) is 36.0 Å². The third-order valence-corrected chi connectivity index (χ3v) is 3.55. The van der Waals surface area contributed by atoms with Crippen molar-refractivity contribution in [2.45, 2.75) is 0 Å². The molecule has 0 aliphatic heterocycles. The Balaban J connectivity index is 1.99. The summed E-state index contributed by atoms with van der Waals surface area (Å²) in [6, 6.07) is 0. The Morgan fingerprint density at radius 2 is 1.93 bits per heavy atom. The lowest BCUT2D eigenvalue weighted by Crippen LogP contribution is -2.16. The van der Waals surface area contributed by atoms with Crippen LogP contribution in [0.3, 0.4) is 0 Å².